The van der Waals surface area contributed by atoms with Crippen molar-refractivity contribution in [3.8, 4) is 11.5 Å². The molecule has 0 spiro atoms. The molecule has 0 saturated heterocycles. The maximum atomic E-state index is 11.5. The van der Waals surface area contributed by atoms with Crippen LogP contribution in [0.2, 0.25) is 0 Å². The fraction of sp³-hybridized carbons (Fsp3) is 0.182. The number of carbonyl (C=O) groups excluding carboxylic acids is 1. The largest absolute Gasteiger partial charge is 0.504 e. The molecule has 0 aromatic heterocycles. The first kappa shape index (κ1) is 10.3. The molecule has 0 saturated carbocycles. The molecular weight excluding hydrogens is 180 g/mol. The van der Waals surface area contributed by atoms with Gasteiger partial charge in [-0.15, -0.1) is 0 Å². The number of hydrogen-bond acceptors (Lipinski definition) is 3. The molecule has 0 heterocycles. The summed E-state index contributed by atoms with van der Waals surface area (Å²) in [4.78, 5) is 11.5. The summed E-state index contributed by atoms with van der Waals surface area (Å²) in [6, 6.07) is 4.31. The zero-order valence-corrected chi connectivity index (χ0v) is 8.11. The second kappa shape index (κ2) is 3.96. The molecule has 0 amide bonds. The third-order valence-corrected chi connectivity index (χ3v) is 1.70. The van der Waals surface area contributed by atoms with Gasteiger partial charge in [0.1, 0.15) is 0 Å². The molecule has 74 valence electrons. The Hall–Kier alpha value is -1.77. The minimum atomic E-state index is -0.366. The highest BCUT2D eigenvalue weighted by Crippen LogP contribution is 2.28. The summed E-state index contributed by atoms with van der Waals surface area (Å²) in [5, 5.41) is 18.5. The first-order valence-electron chi connectivity index (χ1n) is 4.22. The van der Waals surface area contributed by atoms with Gasteiger partial charge in [0, 0.05) is 0 Å². The highest BCUT2D eigenvalue weighted by atomic mass is 16.3. The number of aromatic hydroxyl groups is 2. The van der Waals surface area contributed by atoms with Crippen LogP contribution in [-0.4, -0.2) is 16.0 Å². The third-order valence-electron chi connectivity index (χ3n) is 1.70. The van der Waals surface area contributed by atoms with Crippen molar-refractivity contribution < 1.29 is 15.0 Å². The quantitative estimate of drug-likeness (QED) is 0.429. The second-order valence-corrected chi connectivity index (χ2v) is 3.26. The zero-order chi connectivity index (χ0) is 10.7. The molecular formula is C11H12O3. The van der Waals surface area contributed by atoms with Crippen molar-refractivity contribution in [2.75, 3.05) is 0 Å². The second-order valence-electron chi connectivity index (χ2n) is 3.26. The molecule has 1 rings (SSSR count). The predicted octanol–water partition coefficient (Wildman–Crippen LogP) is 2.25. The molecule has 1 aromatic carbocycles. The van der Waals surface area contributed by atoms with Crippen molar-refractivity contribution in [3.63, 3.8) is 0 Å². The van der Waals surface area contributed by atoms with Gasteiger partial charge in [0.15, 0.2) is 17.3 Å². The lowest BCUT2D eigenvalue weighted by Gasteiger charge is -2.02. The Bertz CT molecular complexity index is 388. The van der Waals surface area contributed by atoms with Gasteiger partial charge in [-0.25, -0.2) is 0 Å². The van der Waals surface area contributed by atoms with Crippen LogP contribution in [0.25, 0.3) is 0 Å². The van der Waals surface area contributed by atoms with E-state index in [0.29, 0.717) is 0 Å². The third kappa shape index (κ3) is 2.13. The lowest BCUT2D eigenvalue weighted by molar-refractivity contribution is 0.104. The topological polar surface area (TPSA) is 57.5 Å². The molecule has 1 aromatic rings. The Labute approximate surface area is 82.3 Å². The summed E-state index contributed by atoms with van der Waals surface area (Å²) >= 11 is 0. The smallest absolute Gasteiger partial charge is 0.189 e. The van der Waals surface area contributed by atoms with Crippen molar-refractivity contribution in [3.05, 3.63) is 35.4 Å². The molecule has 3 nitrogen and oxygen atoms in total. The lowest BCUT2D eigenvalue weighted by atomic mass is 10.1. The minimum absolute atomic E-state index is 0.117. The molecule has 14 heavy (non-hydrogen) atoms. The number of phenols is 2. The average molecular weight is 192 g/mol. The van der Waals surface area contributed by atoms with Crippen LogP contribution in [0.5, 0.6) is 11.5 Å². The number of ketones is 1. The molecule has 3 heteroatoms. The van der Waals surface area contributed by atoms with Crippen LogP contribution in [0.15, 0.2) is 29.8 Å². The summed E-state index contributed by atoms with van der Waals surface area (Å²) in [5.41, 5.74) is 0.962. The van der Waals surface area contributed by atoms with Crippen LogP contribution in [0.4, 0.5) is 0 Å². The van der Waals surface area contributed by atoms with Gasteiger partial charge in [0.25, 0.3) is 0 Å². The summed E-state index contributed by atoms with van der Waals surface area (Å²) in [7, 11) is 0. The molecule has 0 bridgehead atoms. The van der Waals surface area contributed by atoms with Crippen LogP contribution in [0.3, 0.4) is 0 Å². The fourth-order valence-electron chi connectivity index (χ4n) is 1.07. The van der Waals surface area contributed by atoms with E-state index in [-0.39, 0.29) is 22.8 Å². The Kier molecular flexibility index (Phi) is 2.92. The number of hydrogen-bond donors (Lipinski definition) is 2. The van der Waals surface area contributed by atoms with Crippen molar-refractivity contribution in [1.29, 1.82) is 0 Å². The average Bonchev–Trinajstić information content (AvgIpc) is 2.08. The van der Waals surface area contributed by atoms with E-state index in [1.807, 2.05) is 0 Å². The zero-order valence-electron chi connectivity index (χ0n) is 8.11. The fourth-order valence-corrected chi connectivity index (χ4v) is 1.07. The van der Waals surface area contributed by atoms with Crippen LogP contribution in [0, 0.1) is 0 Å². The van der Waals surface area contributed by atoms with Gasteiger partial charge in [-0.05, 0) is 32.1 Å². The van der Waals surface area contributed by atoms with Crippen molar-refractivity contribution in [2.45, 2.75) is 13.8 Å². The first-order valence-corrected chi connectivity index (χ1v) is 4.22. The van der Waals surface area contributed by atoms with E-state index in [2.05, 4.69) is 0 Å². The monoisotopic (exact) mass is 192 g/mol. The number of benzene rings is 1. The van der Waals surface area contributed by atoms with E-state index in [9.17, 15) is 9.90 Å². The van der Waals surface area contributed by atoms with Gasteiger partial charge in [0.2, 0.25) is 0 Å². The molecule has 0 atom stereocenters. The standard InChI is InChI=1S/C11H12O3/c1-7(2)6-10(13)8-4-3-5-9(12)11(8)14/h3-6,12,14H,1-2H3. The highest BCUT2D eigenvalue weighted by molar-refractivity contribution is 6.07. The summed E-state index contributed by atoms with van der Waals surface area (Å²) < 4.78 is 0. The summed E-state index contributed by atoms with van der Waals surface area (Å²) in [6.07, 6.45) is 1.41. The molecule has 0 aliphatic heterocycles. The van der Waals surface area contributed by atoms with Crippen molar-refractivity contribution in [2.24, 2.45) is 0 Å². The van der Waals surface area contributed by atoms with E-state index >= 15 is 0 Å². The van der Waals surface area contributed by atoms with Crippen LogP contribution in [0.1, 0.15) is 24.2 Å². The molecule has 0 aliphatic carbocycles. The molecule has 0 aliphatic rings. The first-order chi connectivity index (χ1) is 6.52. The van der Waals surface area contributed by atoms with Gasteiger partial charge in [-0.1, -0.05) is 11.6 Å². The molecule has 2 N–H and O–H groups in total. The van der Waals surface area contributed by atoms with Gasteiger partial charge >= 0.3 is 0 Å². The van der Waals surface area contributed by atoms with E-state index in [1.54, 1.807) is 13.8 Å². The molecule has 0 fully saturated rings. The SMILES string of the molecule is CC(C)=CC(=O)c1cccc(O)c1O. The predicted molar refractivity (Wildman–Crippen MR) is 53.5 cm³/mol. The normalized spacial score (nSPS) is 9.57. The Morgan fingerprint density at radius 2 is 1.93 bits per heavy atom. The maximum absolute atomic E-state index is 11.5. The van der Waals surface area contributed by atoms with Crippen molar-refractivity contribution >= 4 is 5.78 Å². The van der Waals surface area contributed by atoms with Gasteiger partial charge in [0.05, 0.1) is 5.56 Å². The molecule has 0 radical (unpaired) electrons. The number of carbonyl (C=O) groups is 1. The Balaban J connectivity index is 3.14. The van der Waals surface area contributed by atoms with Gasteiger partial charge in [-0.2, -0.15) is 0 Å². The van der Waals surface area contributed by atoms with E-state index in [1.165, 1.54) is 24.3 Å². The Morgan fingerprint density at radius 3 is 2.50 bits per heavy atom. The van der Waals surface area contributed by atoms with Crippen LogP contribution < -0.4 is 0 Å². The maximum Gasteiger partial charge on any atom is 0.189 e. The van der Waals surface area contributed by atoms with E-state index < -0.39 is 0 Å². The van der Waals surface area contributed by atoms with Crippen LogP contribution >= 0.6 is 0 Å². The van der Waals surface area contributed by atoms with Gasteiger partial charge < -0.3 is 10.2 Å². The Morgan fingerprint density at radius 1 is 1.29 bits per heavy atom. The number of rotatable bonds is 2. The van der Waals surface area contributed by atoms with Crippen molar-refractivity contribution in [1.82, 2.24) is 0 Å². The number of para-hydroxylation sites is 1. The van der Waals surface area contributed by atoms with E-state index in [0.717, 1.165) is 5.57 Å². The number of phenolic OH excluding ortho intramolecular Hbond substituents is 2. The summed E-state index contributed by atoms with van der Waals surface area (Å²) in [5.74, 6) is -0.952. The summed E-state index contributed by atoms with van der Waals surface area (Å²) in [6.45, 7) is 3.58. The van der Waals surface area contributed by atoms with Crippen LogP contribution in [-0.2, 0) is 0 Å². The number of allylic oxidation sites excluding steroid dienone is 2. The highest BCUT2D eigenvalue weighted by Gasteiger charge is 2.11. The van der Waals surface area contributed by atoms with Gasteiger partial charge in [-0.3, -0.25) is 4.79 Å². The van der Waals surface area contributed by atoms with E-state index in [4.69, 9.17) is 5.11 Å². The minimum Gasteiger partial charge on any atom is -0.504 e. The molecule has 0 unspecified atom stereocenters. The lowest BCUT2D eigenvalue weighted by Crippen LogP contribution is -1.95.